The Morgan fingerprint density at radius 1 is 1.57 bits per heavy atom. The van der Waals surface area contributed by atoms with Gasteiger partial charge in [-0.15, -0.1) is 0 Å². The smallest absolute Gasteiger partial charge is 0.404 e. The summed E-state index contributed by atoms with van der Waals surface area (Å²) in [5, 5.41) is 13.4. The highest BCUT2D eigenvalue weighted by Crippen LogP contribution is 2.14. The van der Waals surface area contributed by atoms with Crippen molar-refractivity contribution < 1.29 is 9.34 Å². The molecule has 0 spiro atoms. The Morgan fingerprint density at radius 2 is 2.36 bits per heavy atom. The molecule has 1 aromatic rings. The highest BCUT2D eigenvalue weighted by Gasteiger charge is 2.10. The van der Waals surface area contributed by atoms with Crippen LogP contribution >= 0.6 is 0 Å². The summed E-state index contributed by atoms with van der Waals surface area (Å²) in [5.41, 5.74) is 0. The van der Waals surface area contributed by atoms with Crippen molar-refractivity contribution in [2.24, 2.45) is 0 Å². The van der Waals surface area contributed by atoms with E-state index < -0.39 is 4.92 Å². The van der Waals surface area contributed by atoms with Gasteiger partial charge in [-0.1, -0.05) is 13.3 Å². The molecule has 78 valence electrons. The van der Waals surface area contributed by atoms with Gasteiger partial charge in [-0.3, -0.25) is 10.1 Å². The molecule has 0 fully saturated rings. The maximum Gasteiger partial charge on any atom is 0.433 e. The van der Waals surface area contributed by atoms with Gasteiger partial charge in [0.1, 0.15) is 10.7 Å². The lowest BCUT2D eigenvalue weighted by atomic mass is 10.3. The van der Waals surface area contributed by atoms with Crippen LogP contribution in [0.2, 0.25) is 0 Å². The fourth-order valence-corrected chi connectivity index (χ4v) is 1.07. The molecule has 0 bridgehead atoms. The molecule has 14 heavy (non-hydrogen) atoms. The van der Waals surface area contributed by atoms with Gasteiger partial charge < -0.3 is 9.73 Å². The lowest BCUT2D eigenvalue weighted by molar-refractivity contribution is -0.402. The molecule has 0 aromatic carbocycles. The average molecular weight is 198 g/mol. The van der Waals surface area contributed by atoms with Gasteiger partial charge in [-0.2, -0.15) is 0 Å². The summed E-state index contributed by atoms with van der Waals surface area (Å²) >= 11 is 0. The van der Waals surface area contributed by atoms with Gasteiger partial charge in [0.2, 0.25) is 0 Å². The predicted molar refractivity (Wildman–Crippen MR) is 52.0 cm³/mol. The number of nitrogens with zero attached hydrogens (tertiary/aromatic N) is 1. The SMILES string of the molecule is CCCCNCc1ccc([N+](=O)[O-])o1. The first-order valence-corrected chi connectivity index (χ1v) is 4.68. The number of hydrogen-bond donors (Lipinski definition) is 1. The van der Waals surface area contributed by atoms with E-state index >= 15 is 0 Å². The molecule has 1 heterocycles. The molecule has 5 heteroatoms. The third-order valence-electron chi connectivity index (χ3n) is 1.83. The van der Waals surface area contributed by atoms with Crippen LogP contribution in [-0.2, 0) is 6.54 Å². The number of hydrogen-bond acceptors (Lipinski definition) is 4. The average Bonchev–Trinajstić information content (AvgIpc) is 2.61. The molecule has 0 atom stereocenters. The first-order chi connectivity index (χ1) is 6.74. The molecular formula is C9H14N2O3. The van der Waals surface area contributed by atoms with E-state index in [0.717, 1.165) is 19.4 Å². The maximum absolute atomic E-state index is 10.3. The molecule has 0 radical (unpaired) electrons. The van der Waals surface area contributed by atoms with Crippen molar-refractivity contribution in [2.75, 3.05) is 6.54 Å². The van der Waals surface area contributed by atoms with Crippen molar-refractivity contribution in [2.45, 2.75) is 26.3 Å². The summed E-state index contributed by atoms with van der Waals surface area (Å²) < 4.78 is 4.96. The minimum absolute atomic E-state index is 0.197. The van der Waals surface area contributed by atoms with Crippen LogP contribution < -0.4 is 5.32 Å². The summed E-state index contributed by atoms with van der Waals surface area (Å²) in [6.45, 7) is 3.57. The second-order valence-corrected chi connectivity index (χ2v) is 3.03. The molecule has 0 amide bonds. The van der Waals surface area contributed by atoms with E-state index in [1.54, 1.807) is 6.07 Å². The van der Waals surface area contributed by atoms with Crippen LogP contribution in [0.25, 0.3) is 0 Å². The summed E-state index contributed by atoms with van der Waals surface area (Å²) in [6, 6.07) is 2.99. The van der Waals surface area contributed by atoms with Crippen molar-refractivity contribution in [3.05, 3.63) is 28.0 Å². The van der Waals surface area contributed by atoms with Crippen LogP contribution in [0.1, 0.15) is 25.5 Å². The quantitative estimate of drug-likeness (QED) is 0.431. The Kier molecular flexibility index (Phi) is 4.12. The van der Waals surface area contributed by atoms with E-state index in [2.05, 4.69) is 12.2 Å². The third kappa shape index (κ3) is 3.18. The van der Waals surface area contributed by atoms with Crippen LogP contribution in [0.5, 0.6) is 0 Å². The largest absolute Gasteiger partial charge is 0.433 e. The zero-order valence-electron chi connectivity index (χ0n) is 8.16. The second-order valence-electron chi connectivity index (χ2n) is 3.03. The Morgan fingerprint density at radius 3 is 2.93 bits per heavy atom. The van der Waals surface area contributed by atoms with Crippen molar-refractivity contribution >= 4 is 5.88 Å². The fraction of sp³-hybridized carbons (Fsp3) is 0.556. The molecular weight excluding hydrogens is 184 g/mol. The first kappa shape index (κ1) is 10.7. The molecule has 0 unspecified atom stereocenters. The van der Waals surface area contributed by atoms with Gasteiger partial charge in [-0.05, 0) is 19.0 Å². The van der Waals surface area contributed by atoms with Crippen LogP contribution in [-0.4, -0.2) is 11.5 Å². The number of unbranched alkanes of at least 4 members (excludes halogenated alkanes) is 1. The third-order valence-corrected chi connectivity index (χ3v) is 1.83. The Labute approximate surface area is 82.3 Å². The molecule has 5 nitrogen and oxygen atoms in total. The van der Waals surface area contributed by atoms with E-state index in [4.69, 9.17) is 4.42 Å². The van der Waals surface area contributed by atoms with Crippen LogP contribution in [0.3, 0.4) is 0 Å². The van der Waals surface area contributed by atoms with Gasteiger partial charge in [0.25, 0.3) is 0 Å². The van der Waals surface area contributed by atoms with Crippen LogP contribution in [0.15, 0.2) is 16.5 Å². The fourth-order valence-electron chi connectivity index (χ4n) is 1.07. The minimum Gasteiger partial charge on any atom is -0.404 e. The van der Waals surface area contributed by atoms with Gasteiger partial charge in [0.15, 0.2) is 0 Å². The highest BCUT2D eigenvalue weighted by atomic mass is 16.6. The number of rotatable bonds is 6. The zero-order chi connectivity index (χ0) is 10.4. The number of nitrogens with one attached hydrogen (secondary N) is 1. The Hall–Kier alpha value is -1.36. The van der Waals surface area contributed by atoms with Gasteiger partial charge in [-0.25, -0.2) is 0 Å². The first-order valence-electron chi connectivity index (χ1n) is 4.68. The Balaban J connectivity index is 2.33. The lowest BCUT2D eigenvalue weighted by Gasteiger charge is -1.99. The number of nitro groups is 1. The molecule has 0 saturated carbocycles. The standard InChI is InChI=1S/C9H14N2O3/c1-2-3-6-10-7-8-4-5-9(14-8)11(12)13/h4-5,10H,2-3,6-7H2,1H3. The van der Waals surface area contributed by atoms with Crippen LogP contribution in [0.4, 0.5) is 5.88 Å². The highest BCUT2D eigenvalue weighted by molar-refractivity contribution is 5.17. The van der Waals surface area contributed by atoms with E-state index in [1.165, 1.54) is 6.07 Å². The van der Waals surface area contributed by atoms with Gasteiger partial charge in [0.05, 0.1) is 12.6 Å². The molecule has 0 aliphatic carbocycles. The van der Waals surface area contributed by atoms with E-state index in [-0.39, 0.29) is 5.88 Å². The summed E-state index contributed by atoms with van der Waals surface area (Å²) in [7, 11) is 0. The van der Waals surface area contributed by atoms with Crippen molar-refractivity contribution in [3.63, 3.8) is 0 Å². The van der Waals surface area contributed by atoms with Crippen molar-refractivity contribution in [1.82, 2.24) is 5.32 Å². The monoisotopic (exact) mass is 198 g/mol. The minimum atomic E-state index is -0.532. The number of furan rings is 1. The summed E-state index contributed by atoms with van der Waals surface area (Å²) in [6.07, 6.45) is 2.23. The van der Waals surface area contributed by atoms with E-state index in [0.29, 0.717) is 12.3 Å². The zero-order valence-corrected chi connectivity index (χ0v) is 8.16. The molecule has 0 saturated heterocycles. The second kappa shape index (κ2) is 5.39. The van der Waals surface area contributed by atoms with Crippen molar-refractivity contribution in [3.8, 4) is 0 Å². The summed E-state index contributed by atoms with van der Waals surface area (Å²) in [4.78, 5) is 9.75. The summed E-state index contributed by atoms with van der Waals surface area (Å²) in [5.74, 6) is 0.407. The molecule has 1 aromatic heterocycles. The molecule has 1 rings (SSSR count). The predicted octanol–water partition coefficient (Wildman–Crippen LogP) is 2.08. The maximum atomic E-state index is 10.3. The van der Waals surface area contributed by atoms with Crippen molar-refractivity contribution in [1.29, 1.82) is 0 Å². The molecule has 0 aliphatic heterocycles. The van der Waals surface area contributed by atoms with Crippen LogP contribution in [0, 0.1) is 10.1 Å². The molecule has 0 aliphatic rings. The van der Waals surface area contributed by atoms with Gasteiger partial charge >= 0.3 is 5.88 Å². The van der Waals surface area contributed by atoms with E-state index in [9.17, 15) is 10.1 Å². The topological polar surface area (TPSA) is 68.3 Å². The van der Waals surface area contributed by atoms with E-state index in [1.807, 2.05) is 0 Å². The Bertz CT molecular complexity index is 296. The lowest BCUT2D eigenvalue weighted by Crippen LogP contribution is -2.13. The molecule has 1 N–H and O–H groups in total. The normalized spacial score (nSPS) is 10.4. The van der Waals surface area contributed by atoms with Gasteiger partial charge in [0, 0.05) is 0 Å².